The highest BCUT2D eigenvalue weighted by Crippen LogP contribution is 2.31. The van der Waals surface area contributed by atoms with Crippen LogP contribution >= 0.6 is 0 Å². The average molecular weight is 289 g/mol. The van der Waals surface area contributed by atoms with Crippen LogP contribution < -0.4 is 5.73 Å². The molecule has 0 aliphatic heterocycles. The minimum Gasteiger partial charge on any atom is -0.462 e. The van der Waals surface area contributed by atoms with Crippen LogP contribution in [0.2, 0.25) is 0 Å². The van der Waals surface area contributed by atoms with Crippen LogP contribution in [0, 0.1) is 0 Å². The summed E-state index contributed by atoms with van der Waals surface area (Å²) >= 11 is 0. The predicted molar refractivity (Wildman–Crippen MR) is 62.5 cm³/mol. The Balaban J connectivity index is 3.41. The molecule has 1 aromatic rings. The number of anilines is 1. The number of nitrogens with two attached hydrogens (primary N) is 1. The average Bonchev–Trinajstić information content (AvgIpc) is 2.34. The quantitative estimate of drug-likeness (QED) is 0.397. The van der Waals surface area contributed by atoms with Gasteiger partial charge in [-0.25, -0.2) is 9.78 Å². The van der Waals surface area contributed by atoms with Crippen LogP contribution in [0.1, 0.15) is 28.5 Å². The molecule has 0 atom stereocenters. The number of hydrogen-bond acceptors (Lipinski definition) is 5. The molecule has 0 radical (unpaired) electrons. The summed E-state index contributed by atoms with van der Waals surface area (Å²) in [5.74, 6) is -1.55. The van der Waals surface area contributed by atoms with Crippen molar-refractivity contribution < 1.29 is 22.7 Å². The van der Waals surface area contributed by atoms with E-state index in [9.17, 15) is 18.0 Å². The third kappa shape index (κ3) is 3.51. The molecule has 0 aromatic carbocycles. The van der Waals surface area contributed by atoms with E-state index in [2.05, 4.69) is 19.7 Å². The smallest absolute Gasteiger partial charge is 0.433 e. The van der Waals surface area contributed by atoms with Crippen molar-refractivity contribution in [3.63, 3.8) is 0 Å². The standard InChI is InChI=1S/C10H10F3N5O2/c1-2-20-9(19)7-5(4-16-18-15)3-6(10(11,12)13)17-8(7)14/h3H,2,4H2,1H3,(H2,14,17). The lowest BCUT2D eigenvalue weighted by Crippen LogP contribution is -2.17. The van der Waals surface area contributed by atoms with Gasteiger partial charge in [-0.15, -0.1) is 0 Å². The minimum absolute atomic E-state index is 0.0141. The SMILES string of the molecule is CCOC(=O)c1c(CN=[N+]=[N-])cc(C(F)(F)F)nc1N. The third-order valence-corrected chi connectivity index (χ3v) is 2.20. The molecular weight excluding hydrogens is 279 g/mol. The molecule has 1 heterocycles. The maximum atomic E-state index is 12.6. The van der Waals surface area contributed by atoms with E-state index >= 15 is 0 Å². The van der Waals surface area contributed by atoms with Gasteiger partial charge in [0.25, 0.3) is 0 Å². The molecule has 1 rings (SSSR count). The topological polar surface area (TPSA) is 114 Å². The van der Waals surface area contributed by atoms with Crippen LogP contribution in [0.25, 0.3) is 10.4 Å². The maximum absolute atomic E-state index is 12.6. The summed E-state index contributed by atoms with van der Waals surface area (Å²) in [5.41, 5.74) is 11.8. The molecule has 108 valence electrons. The zero-order valence-electron chi connectivity index (χ0n) is 10.3. The lowest BCUT2D eigenvalue weighted by molar-refractivity contribution is -0.141. The molecule has 7 nitrogen and oxygen atoms in total. The molecule has 0 unspecified atom stereocenters. The molecule has 0 amide bonds. The van der Waals surface area contributed by atoms with Gasteiger partial charge in [0, 0.05) is 4.91 Å². The van der Waals surface area contributed by atoms with Crippen molar-refractivity contribution in [1.29, 1.82) is 0 Å². The van der Waals surface area contributed by atoms with E-state index in [-0.39, 0.29) is 17.7 Å². The third-order valence-electron chi connectivity index (χ3n) is 2.20. The Kier molecular flexibility index (Phi) is 4.76. The van der Waals surface area contributed by atoms with Gasteiger partial charge in [-0.2, -0.15) is 13.2 Å². The number of aromatic nitrogens is 1. The summed E-state index contributed by atoms with van der Waals surface area (Å²) in [4.78, 5) is 17.2. The lowest BCUT2D eigenvalue weighted by atomic mass is 10.1. The Morgan fingerprint density at radius 2 is 2.25 bits per heavy atom. The molecule has 20 heavy (non-hydrogen) atoms. The van der Waals surface area contributed by atoms with Crippen LogP contribution in [0.4, 0.5) is 19.0 Å². The van der Waals surface area contributed by atoms with Crippen molar-refractivity contribution in [3.05, 3.63) is 33.3 Å². The Labute approximate surface area is 111 Å². The summed E-state index contributed by atoms with van der Waals surface area (Å²) < 4.78 is 42.5. The number of carbonyl (C=O) groups excluding carboxylic acids is 1. The fourth-order valence-corrected chi connectivity index (χ4v) is 1.44. The highest BCUT2D eigenvalue weighted by Gasteiger charge is 2.34. The van der Waals surface area contributed by atoms with Gasteiger partial charge in [0.1, 0.15) is 17.1 Å². The van der Waals surface area contributed by atoms with E-state index in [0.717, 1.165) is 0 Å². The molecule has 0 bridgehead atoms. The number of ether oxygens (including phenoxy) is 1. The number of esters is 1. The van der Waals surface area contributed by atoms with Crippen molar-refractivity contribution in [2.45, 2.75) is 19.6 Å². The Morgan fingerprint density at radius 3 is 2.75 bits per heavy atom. The highest BCUT2D eigenvalue weighted by atomic mass is 19.4. The van der Waals surface area contributed by atoms with Crippen LogP contribution in [-0.4, -0.2) is 17.6 Å². The van der Waals surface area contributed by atoms with Gasteiger partial charge in [0.2, 0.25) is 0 Å². The molecule has 2 N–H and O–H groups in total. The predicted octanol–water partition coefficient (Wildman–Crippen LogP) is 2.67. The number of halogens is 3. The van der Waals surface area contributed by atoms with E-state index in [4.69, 9.17) is 11.3 Å². The number of azide groups is 1. The molecule has 0 fully saturated rings. The number of nitrogens with zero attached hydrogens (tertiary/aromatic N) is 4. The first-order valence-electron chi connectivity index (χ1n) is 5.35. The van der Waals surface area contributed by atoms with E-state index in [1.54, 1.807) is 0 Å². The summed E-state index contributed by atoms with van der Waals surface area (Å²) in [5, 5.41) is 3.13. The molecular formula is C10H10F3N5O2. The molecule has 10 heteroatoms. The minimum atomic E-state index is -4.73. The monoisotopic (exact) mass is 289 g/mol. The van der Waals surface area contributed by atoms with Crippen molar-refractivity contribution >= 4 is 11.8 Å². The second kappa shape index (κ2) is 6.11. The van der Waals surface area contributed by atoms with Gasteiger partial charge in [-0.1, -0.05) is 5.11 Å². The van der Waals surface area contributed by atoms with Gasteiger partial charge in [0.15, 0.2) is 0 Å². The second-order valence-corrected chi connectivity index (χ2v) is 3.53. The summed E-state index contributed by atoms with van der Waals surface area (Å²) in [6, 6.07) is 0.608. The number of carbonyl (C=O) groups is 1. The first-order chi connectivity index (χ1) is 9.31. The molecule has 0 saturated heterocycles. The number of hydrogen-bond donors (Lipinski definition) is 1. The molecule has 0 aliphatic carbocycles. The van der Waals surface area contributed by atoms with Gasteiger partial charge in [-0.05, 0) is 24.1 Å². The largest absolute Gasteiger partial charge is 0.462 e. The van der Waals surface area contributed by atoms with Crippen LogP contribution in [-0.2, 0) is 17.5 Å². The van der Waals surface area contributed by atoms with Crippen LogP contribution in [0.15, 0.2) is 11.2 Å². The fraction of sp³-hybridized carbons (Fsp3) is 0.400. The van der Waals surface area contributed by atoms with Crippen molar-refractivity contribution in [2.24, 2.45) is 5.11 Å². The van der Waals surface area contributed by atoms with E-state index in [1.165, 1.54) is 6.92 Å². The summed E-state index contributed by atoms with van der Waals surface area (Å²) in [6.45, 7) is 1.07. The Bertz CT molecular complexity index is 567. The first-order valence-corrected chi connectivity index (χ1v) is 5.35. The number of alkyl halides is 3. The lowest BCUT2D eigenvalue weighted by Gasteiger charge is -2.13. The van der Waals surface area contributed by atoms with Gasteiger partial charge in [0.05, 0.1) is 13.2 Å². The summed E-state index contributed by atoms with van der Waals surface area (Å²) in [7, 11) is 0. The van der Waals surface area contributed by atoms with E-state index < -0.39 is 30.2 Å². The Hall–Kier alpha value is -2.48. The van der Waals surface area contributed by atoms with Gasteiger partial charge < -0.3 is 10.5 Å². The zero-order chi connectivity index (χ0) is 15.3. The number of rotatable bonds is 4. The van der Waals surface area contributed by atoms with Crippen molar-refractivity contribution in [2.75, 3.05) is 12.3 Å². The van der Waals surface area contributed by atoms with Crippen LogP contribution in [0.3, 0.4) is 0 Å². The molecule has 1 aromatic heterocycles. The van der Waals surface area contributed by atoms with Crippen LogP contribution in [0.5, 0.6) is 0 Å². The second-order valence-electron chi connectivity index (χ2n) is 3.53. The maximum Gasteiger partial charge on any atom is 0.433 e. The normalized spacial score (nSPS) is 10.8. The summed E-state index contributed by atoms with van der Waals surface area (Å²) in [6.07, 6.45) is -4.73. The number of nitrogen functional groups attached to an aromatic ring is 1. The zero-order valence-corrected chi connectivity index (χ0v) is 10.3. The van der Waals surface area contributed by atoms with Crippen molar-refractivity contribution in [1.82, 2.24) is 4.98 Å². The molecule has 0 spiro atoms. The van der Waals surface area contributed by atoms with E-state index in [0.29, 0.717) is 6.07 Å². The van der Waals surface area contributed by atoms with E-state index in [1.807, 2.05) is 0 Å². The van der Waals surface area contributed by atoms with Gasteiger partial charge >= 0.3 is 12.1 Å². The van der Waals surface area contributed by atoms with Crippen molar-refractivity contribution in [3.8, 4) is 0 Å². The van der Waals surface area contributed by atoms with Gasteiger partial charge in [-0.3, -0.25) is 0 Å². The first kappa shape index (κ1) is 15.6. The Morgan fingerprint density at radius 1 is 1.60 bits per heavy atom. The number of pyridine rings is 1. The molecule has 0 saturated carbocycles. The highest BCUT2D eigenvalue weighted by molar-refractivity contribution is 5.95. The fourth-order valence-electron chi connectivity index (χ4n) is 1.44. The molecule has 0 aliphatic rings.